The number of carbonyl (C=O) groups excluding carboxylic acids is 1. The predicted molar refractivity (Wildman–Crippen MR) is 104 cm³/mol. The maximum atomic E-state index is 12.8. The number of nitrogens with one attached hydrogen (secondary N) is 1. The van der Waals surface area contributed by atoms with E-state index in [1.165, 1.54) is 12.8 Å². The van der Waals surface area contributed by atoms with Gasteiger partial charge in [-0.2, -0.15) is 5.10 Å². The first-order chi connectivity index (χ1) is 12.5. The summed E-state index contributed by atoms with van der Waals surface area (Å²) < 4.78 is 1.86. The number of aromatic nitrogens is 2. The number of hydrogen-bond donors (Lipinski definition) is 1. The lowest BCUT2D eigenvalue weighted by molar-refractivity contribution is 0.0747. The first kappa shape index (κ1) is 18.4. The van der Waals surface area contributed by atoms with Crippen molar-refractivity contribution in [2.45, 2.75) is 51.6 Å². The molecule has 1 aromatic heterocycles. The highest BCUT2D eigenvalue weighted by molar-refractivity contribution is 5.94. The van der Waals surface area contributed by atoms with Crippen LogP contribution in [0.25, 0.3) is 0 Å². The number of amides is 1. The Labute approximate surface area is 155 Å². The van der Waals surface area contributed by atoms with Gasteiger partial charge in [-0.1, -0.05) is 25.0 Å². The average molecular weight is 352 g/mol. The lowest BCUT2D eigenvalue weighted by Gasteiger charge is -2.26. The second-order valence-corrected chi connectivity index (χ2v) is 7.38. The van der Waals surface area contributed by atoms with Gasteiger partial charge in [-0.3, -0.25) is 9.48 Å². The highest BCUT2D eigenvalue weighted by Gasteiger charge is 2.24. The van der Waals surface area contributed by atoms with Gasteiger partial charge in [0.25, 0.3) is 5.91 Å². The first-order valence-corrected chi connectivity index (χ1v) is 9.45. The molecule has 0 bridgehead atoms. The molecule has 1 aromatic carbocycles. The average Bonchev–Trinajstić information content (AvgIpc) is 3.35. The van der Waals surface area contributed by atoms with Crippen LogP contribution in [0.4, 0.5) is 0 Å². The molecule has 1 amide bonds. The van der Waals surface area contributed by atoms with Crippen molar-refractivity contribution in [3.8, 4) is 0 Å². The zero-order valence-electron chi connectivity index (χ0n) is 15.7. The molecule has 0 aliphatic heterocycles. The van der Waals surface area contributed by atoms with Gasteiger partial charge in [0.1, 0.15) is 0 Å². The molecule has 1 N–H and O–H groups in total. The lowest BCUT2D eigenvalue weighted by Crippen LogP contribution is -2.37. The second kappa shape index (κ2) is 8.30. The Morgan fingerprint density at radius 2 is 2.00 bits per heavy atom. The third kappa shape index (κ3) is 4.40. The van der Waals surface area contributed by atoms with Gasteiger partial charge in [-0.05, 0) is 49.4 Å². The number of rotatable bonds is 7. The molecule has 0 unspecified atom stereocenters. The largest absolute Gasteiger partial charge is 0.339 e. The maximum absolute atomic E-state index is 12.8. The summed E-state index contributed by atoms with van der Waals surface area (Å²) in [5.41, 5.74) is 2.61. The molecule has 3 rings (SSSR count). The van der Waals surface area contributed by atoms with Crippen molar-refractivity contribution in [2.75, 3.05) is 7.05 Å². The van der Waals surface area contributed by atoms with E-state index in [-0.39, 0.29) is 11.9 Å². The van der Waals surface area contributed by atoms with Gasteiger partial charge < -0.3 is 10.3 Å². The third-order valence-electron chi connectivity index (χ3n) is 5.45. The molecule has 0 saturated heterocycles. The molecule has 1 aliphatic rings. The zero-order valence-corrected chi connectivity index (χ0v) is 15.7. The molecule has 1 fully saturated rings. The van der Waals surface area contributed by atoms with Crippen LogP contribution in [0.2, 0.25) is 0 Å². The molecule has 1 aliphatic carbocycles. The Hall–Kier alpha value is -2.43. The summed E-state index contributed by atoms with van der Waals surface area (Å²) in [4.78, 5) is 14.5. The molecule has 2 aromatic rings. The van der Waals surface area contributed by atoms with Gasteiger partial charge in [0.05, 0.1) is 6.54 Å². The normalized spacial score (nSPS) is 15.8. The highest BCUT2D eigenvalue weighted by Crippen LogP contribution is 2.27. The van der Waals surface area contributed by atoms with Crippen LogP contribution < -0.4 is 0 Å². The molecular formula is C21H28N4O. The third-order valence-corrected chi connectivity index (χ3v) is 5.45. The van der Waals surface area contributed by atoms with Crippen molar-refractivity contribution in [1.82, 2.24) is 14.7 Å². The minimum atomic E-state index is 0.0161. The van der Waals surface area contributed by atoms with E-state index in [2.05, 4.69) is 5.10 Å². The molecule has 0 spiro atoms. The Bertz CT molecular complexity index is 730. The van der Waals surface area contributed by atoms with Crippen LogP contribution in [0.1, 0.15) is 54.9 Å². The van der Waals surface area contributed by atoms with E-state index in [0.717, 1.165) is 24.1 Å². The van der Waals surface area contributed by atoms with Gasteiger partial charge in [-0.15, -0.1) is 0 Å². The zero-order chi connectivity index (χ0) is 18.5. The summed E-state index contributed by atoms with van der Waals surface area (Å²) in [7, 11) is 1.84. The minimum absolute atomic E-state index is 0.0161. The van der Waals surface area contributed by atoms with E-state index in [1.54, 1.807) is 11.1 Å². The SMILES string of the molecule is C[C@H](CC(=N)C1CCCC1)N(C)C(=O)c1ccc(Cn2cccn2)cc1. The van der Waals surface area contributed by atoms with E-state index in [1.807, 2.05) is 55.2 Å². The van der Waals surface area contributed by atoms with Crippen LogP contribution in [0, 0.1) is 11.3 Å². The summed E-state index contributed by atoms with van der Waals surface area (Å²) in [5.74, 6) is 0.449. The molecule has 138 valence electrons. The van der Waals surface area contributed by atoms with Crippen LogP contribution >= 0.6 is 0 Å². The number of carbonyl (C=O) groups is 1. The molecule has 1 saturated carbocycles. The van der Waals surface area contributed by atoms with Crippen LogP contribution in [0.15, 0.2) is 42.7 Å². The summed E-state index contributed by atoms with van der Waals surface area (Å²) in [6, 6.07) is 9.66. The Morgan fingerprint density at radius 3 is 2.62 bits per heavy atom. The topological polar surface area (TPSA) is 62.0 Å². The van der Waals surface area contributed by atoms with Crippen molar-refractivity contribution in [3.05, 3.63) is 53.9 Å². The summed E-state index contributed by atoms with van der Waals surface area (Å²) >= 11 is 0. The standard InChI is InChI=1S/C21H28N4O/c1-16(14-20(22)18-6-3-4-7-18)24(2)21(26)19-10-8-17(9-11-19)15-25-13-5-12-23-25/h5,8-13,16,18,22H,3-4,6-7,14-15H2,1-2H3/t16-/m1/s1. The van der Waals surface area contributed by atoms with Crippen molar-refractivity contribution in [1.29, 1.82) is 5.41 Å². The van der Waals surface area contributed by atoms with Crippen molar-refractivity contribution < 1.29 is 4.79 Å². The molecular weight excluding hydrogens is 324 g/mol. The van der Waals surface area contributed by atoms with E-state index in [4.69, 9.17) is 5.41 Å². The summed E-state index contributed by atoms with van der Waals surface area (Å²) in [6.45, 7) is 2.74. The summed E-state index contributed by atoms with van der Waals surface area (Å²) in [6.07, 6.45) is 9.11. The van der Waals surface area contributed by atoms with Crippen molar-refractivity contribution in [2.24, 2.45) is 5.92 Å². The maximum Gasteiger partial charge on any atom is 0.253 e. The van der Waals surface area contributed by atoms with Crippen molar-refractivity contribution >= 4 is 11.6 Å². The fourth-order valence-corrected chi connectivity index (χ4v) is 3.63. The fourth-order valence-electron chi connectivity index (χ4n) is 3.63. The smallest absolute Gasteiger partial charge is 0.253 e. The highest BCUT2D eigenvalue weighted by atomic mass is 16.2. The Kier molecular flexibility index (Phi) is 5.86. The van der Waals surface area contributed by atoms with E-state index >= 15 is 0 Å². The molecule has 5 nitrogen and oxygen atoms in total. The molecule has 26 heavy (non-hydrogen) atoms. The fraction of sp³-hybridized carbons (Fsp3) is 0.476. The van der Waals surface area contributed by atoms with Gasteiger partial charge in [0.2, 0.25) is 0 Å². The van der Waals surface area contributed by atoms with Gasteiger partial charge in [0.15, 0.2) is 0 Å². The van der Waals surface area contributed by atoms with Crippen LogP contribution in [-0.4, -0.2) is 39.4 Å². The monoisotopic (exact) mass is 352 g/mol. The van der Waals surface area contributed by atoms with E-state index in [9.17, 15) is 4.79 Å². The Morgan fingerprint density at radius 1 is 1.31 bits per heavy atom. The number of nitrogens with zero attached hydrogens (tertiary/aromatic N) is 3. The first-order valence-electron chi connectivity index (χ1n) is 9.45. The Balaban J connectivity index is 1.57. The lowest BCUT2D eigenvalue weighted by atomic mass is 9.96. The summed E-state index contributed by atoms with van der Waals surface area (Å²) in [5, 5.41) is 12.5. The second-order valence-electron chi connectivity index (χ2n) is 7.38. The van der Waals surface area contributed by atoms with Gasteiger partial charge in [-0.25, -0.2) is 0 Å². The van der Waals surface area contributed by atoms with Crippen LogP contribution in [0.3, 0.4) is 0 Å². The predicted octanol–water partition coefficient (Wildman–Crippen LogP) is 3.99. The van der Waals surface area contributed by atoms with E-state index in [0.29, 0.717) is 24.4 Å². The number of hydrogen-bond acceptors (Lipinski definition) is 3. The number of benzene rings is 1. The molecule has 0 radical (unpaired) electrons. The minimum Gasteiger partial charge on any atom is -0.339 e. The van der Waals surface area contributed by atoms with Crippen LogP contribution in [0.5, 0.6) is 0 Å². The molecule has 5 heteroatoms. The van der Waals surface area contributed by atoms with Gasteiger partial charge in [0, 0.05) is 43.2 Å². The van der Waals surface area contributed by atoms with E-state index < -0.39 is 0 Å². The van der Waals surface area contributed by atoms with Crippen molar-refractivity contribution in [3.63, 3.8) is 0 Å². The quantitative estimate of drug-likeness (QED) is 0.766. The van der Waals surface area contributed by atoms with Crippen LogP contribution in [-0.2, 0) is 6.54 Å². The molecule has 1 heterocycles. The molecule has 1 atom stereocenters. The van der Waals surface area contributed by atoms with Gasteiger partial charge >= 0.3 is 0 Å².